The summed E-state index contributed by atoms with van der Waals surface area (Å²) in [5, 5.41) is 6.45. The third-order valence-electron chi connectivity index (χ3n) is 2.55. The number of aromatic nitrogens is 2. The van der Waals surface area contributed by atoms with E-state index in [1.165, 1.54) is 0 Å². The van der Waals surface area contributed by atoms with Crippen molar-refractivity contribution in [3.05, 3.63) is 5.82 Å². The summed E-state index contributed by atoms with van der Waals surface area (Å²) in [7, 11) is 0. The average molecular weight is 268 g/mol. The SMILES string of the molecule is O=CNc1nc(C(C=O)=NOC2CCCC2)ns1. The molecule has 1 heterocycles. The molecule has 1 fully saturated rings. The molecule has 8 heteroatoms. The zero-order valence-corrected chi connectivity index (χ0v) is 10.4. The summed E-state index contributed by atoms with van der Waals surface area (Å²) >= 11 is 0.977. The van der Waals surface area contributed by atoms with E-state index in [-0.39, 0.29) is 17.6 Å². The Balaban J connectivity index is 2.03. The lowest BCUT2D eigenvalue weighted by molar-refractivity contribution is -0.105. The number of oxime groups is 1. The van der Waals surface area contributed by atoms with Gasteiger partial charge in [-0.3, -0.25) is 9.59 Å². The molecule has 1 aromatic heterocycles. The molecule has 1 N–H and O–H groups in total. The fraction of sp³-hybridized carbons (Fsp3) is 0.500. The van der Waals surface area contributed by atoms with Gasteiger partial charge in [-0.1, -0.05) is 5.16 Å². The summed E-state index contributed by atoms with van der Waals surface area (Å²) in [6.07, 6.45) is 5.28. The molecule has 1 aromatic rings. The molecule has 2 rings (SSSR count). The maximum atomic E-state index is 10.9. The largest absolute Gasteiger partial charge is 0.392 e. The van der Waals surface area contributed by atoms with Crippen molar-refractivity contribution in [2.75, 3.05) is 5.32 Å². The van der Waals surface area contributed by atoms with Gasteiger partial charge >= 0.3 is 0 Å². The highest BCUT2D eigenvalue weighted by Crippen LogP contribution is 2.21. The Labute approximate surface area is 107 Å². The van der Waals surface area contributed by atoms with Crippen molar-refractivity contribution in [3.8, 4) is 0 Å². The second-order valence-electron chi connectivity index (χ2n) is 3.79. The predicted octanol–water partition coefficient (Wildman–Crippen LogP) is 0.969. The third kappa shape index (κ3) is 3.10. The first-order chi connectivity index (χ1) is 8.83. The lowest BCUT2D eigenvalue weighted by atomic mass is 10.3. The van der Waals surface area contributed by atoms with Gasteiger partial charge in [-0.25, -0.2) is 0 Å². The maximum absolute atomic E-state index is 10.9. The van der Waals surface area contributed by atoms with Crippen molar-refractivity contribution < 1.29 is 14.4 Å². The van der Waals surface area contributed by atoms with E-state index in [2.05, 4.69) is 19.8 Å². The number of aldehydes is 1. The quantitative estimate of drug-likeness (QED) is 0.471. The van der Waals surface area contributed by atoms with Crippen LogP contribution in [0.15, 0.2) is 5.16 Å². The minimum Gasteiger partial charge on any atom is -0.392 e. The van der Waals surface area contributed by atoms with E-state index in [9.17, 15) is 9.59 Å². The van der Waals surface area contributed by atoms with Crippen LogP contribution in [0.25, 0.3) is 0 Å². The van der Waals surface area contributed by atoms with Gasteiger partial charge in [0.2, 0.25) is 11.5 Å². The maximum Gasteiger partial charge on any atom is 0.213 e. The van der Waals surface area contributed by atoms with Crippen molar-refractivity contribution in [1.82, 2.24) is 9.36 Å². The number of nitrogens with one attached hydrogen (secondary N) is 1. The Morgan fingerprint density at radius 1 is 1.44 bits per heavy atom. The third-order valence-corrected chi connectivity index (χ3v) is 3.20. The Kier molecular flexibility index (Phi) is 4.35. The number of rotatable bonds is 6. The van der Waals surface area contributed by atoms with Gasteiger partial charge in [0.15, 0.2) is 17.8 Å². The lowest BCUT2D eigenvalue weighted by Crippen LogP contribution is -2.10. The van der Waals surface area contributed by atoms with E-state index in [1.807, 2.05) is 0 Å². The summed E-state index contributed by atoms with van der Waals surface area (Å²) in [5.74, 6) is 0.164. The fourth-order valence-corrected chi connectivity index (χ4v) is 2.21. The number of anilines is 1. The van der Waals surface area contributed by atoms with Crippen molar-refractivity contribution in [2.24, 2.45) is 5.16 Å². The Bertz CT molecular complexity index is 454. The number of carbonyl (C=O) groups is 2. The van der Waals surface area contributed by atoms with Crippen LogP contribution >= 0.6 is 11.5 Å². The van der Waals surface area contributed by atoms with Gasteiger partial charge in [0.1, 0.15) is 6.10 Å². The first-order valence-electron chi connectivity index (χ1n) is 5.56. The van der Waals surface area contributed by atoms with E-state index in [0.717, 1.165) is 37.2 Å². The molecule has 1 saturated carbocycles. The smallest absolute Gasteiger partial charge is 0.213 e. The number of hydrogen-bond acceptors (Lipinski definition) is 7. The number of nitrogens with zero attached hydrogens (tertiary/aromatic N) is 3. The van der Waals surface area contributed by atoms with Crippen LogP contribution < -0.4 is 5.32 Å². The van der Waals surface area contributed by atoms with Crippen LogP contribution in [-0.2, 0) is 14.4 Å². The molecule has 0 radical (unpaired) electrons. The van der Waals surface area contributed by atoms with Crippen LogP contribution in [0.5, 0.6) is 0 Å². The Hall–Kier alpha value is -1.83. The molecule has 1 aliphatic rings. The van der Waals surface area contributed by atoms with Crippen molar-refractivity contribution >= 4 is 35.1 Å². The molecule has 18 heavy (non-hydrogen) atoms. The van der Waals surface area contributed by atoms with Gasteiger partial charge in [0, 0.05) is 11.5 Å². The van der Waals surface area contributed by atoms with Gasteiger partial charge in [0.05, 0.1) is 0 Å². The number of carbonyl (C=O) groups excluding carboxylic acids is 2. The van der Waals surface area contributed by atoms with E-state index in [1.54, 1.807) is 0 Å². The molecule has 0 spiro atoms. The molecule has 1 aliphatic carbocycles. The molecule has 0 unspecified atom stereocenters. The molecule has 7 nitrogen and oxygen atoms in total. The summed E-state index contributed by atoms with van der Waals surface area (Å²) in [6, 6.07) is 0. The van der Waals surface area contributed by atoms with E-state index < -0.39 is 0 Å². The standard InChI is InChI=1S/C10H12N4O3S/c15-5-8(13-17-7-3-1-2-4-7)9-12-10(11-6-16)18-14-9/h5-7H,1-4H2,(H,11,12,14,16). The highest BCUT2D eigenvalue weighted by Gasteiger charge is 2.17. The van der Waals surface area contributed by atoms with Crippen LogP contribution in [0, 0.1) is 0 Å². The van der Waals surface area contributed by atoms with Crippen molar-refractivity contribution in [2.45, 2.75) is 31.8 Å². The molecule has 0 saturated heterocycles. The summed E-state index contributed by atoms with van der Waals surface area (Å²) in [5.41, 5.74) is 0.0390. The van der Waals surface area contributed by atoms with E-state index in [4.69, 9.17) is 4.84 Å². The first kappa shape index (κ1) is 12.6. The molecule has 0 bridgehead atoms. The van der Waals surface area contributed by atoms with Crippen molar-refractivity contribution in [1.29, 1.82) is 0 Å². The molecular weight excluding hydrogens is 256 g/mol. The Morgan fingerprint density at radius 3 is 2.89 bits per heavy atom. The van der Waals surface area contributed by atoms with Crippen LogP contribution in [0.1, 0.15) is 31.5 Å². The van der Waals surface area contributed by atoms with Crippen LogP contribution in [0.2, 0.25) is 0 Å². The molecule has 1 amide bonds. The monoisotopic (exact) mass is 268 g/mol. The average Bonchev–Trinajstić information content (AvgIpc) is 3.02. The van der Waals surface area contributed by atoms with Gasteiger partial charge in [-0.05, 0) is 25.7 Å². The summed E-state index contributed by atoms with van der Waals surface area (Å²) < 4.78 is 3.92. The van der Waals surface area contributed by atoms with Gasteiger partial charge in [0.25, 0.3) is 0 Å². The number of hydrogen-bond donors (Lipinski definition) is 1. The predicted molar refractivity (Wildman–Crippen MR) is 65.5 cm³/mol. The van der Waals surface area contributed by atoms with E-state index >= 15 is 0 Å². The fourth-order valence-electron chi connectivity index (χ4n) is 1.68. The molecular formula is C10H12N4O3S. The normalized spacial score (nSPS) is 16.6. The highest BCUT2D eigenvalue weighted by molar-refractivity contribution is 7.10. The molecule has 96 valence electrons. The second kappa shape index (κ2) is 6.20. The first-order valence-corrected chi connectivity index (χ1v) is 6.34. The summed E-state index contributed by atoms with van der Waals surface area (Å²) in [4.78, 5) is 30.3. The topological polar surface area (TPSA) is 93.5 Å². The molecule has 0 aliphatic heterocycles. The van der Waals surface area contributed by atoms with Crippen LogP contribution in [-0.4, -0.2) is 33.9 Å². The lowest BCUT2D eigenvalue weighted by Gasteiger charge is -2.05. The Morgan fingerprint density at radius 2 is 2.22 bits per heavy atom. The van der Waals surface area contributed by atoms with Gasteiger partial charge in [-0.15, -0.1) is 0 Å². The zero-order chi connectivity index (χ0) is 12.8. The van der Waals surface area contributed by atoms with E-state index in [0.29, 0.717) is 17.8 Å². The minimum atomic E-state index is 0.0390. The van der Waals surface area contributed by atoms with Crippen molar-refractivity contribution in [3.63, 3.8) is 0 Å². The highest BCUT2D eigenvalue weighted by atomic mass is 32.1. The minimum absolute atomic E-state index is 0.0390. The number of amides is 1. The van der Waals surface area contributed by atoms with Crippen LogP contribution in [0.3, 0.4) is 0 Å². The van der Waals surface area contributed by atoms with Crippen LogP contribution in [0.4, 0.5) is 5.13 Å². The van der Waals surface area contributed by atoms with Gasteiger partial charge < -0.3 is 10.2 Å². The summed E-state index contributed by atoms with van der Waals surface area (Å²) in [6.45, 7) is 0. The second-order valence-corrected chi connectivity index (χ2v) is 4.54. The molecule has 0 atom stereocenters. The zero-order valence-electron chi connectivity index (χ0n) is 9.54. The molecule has 0 aromatic carbocycles. The van der Waals surface area contributed by atoms with Gasteiger partial charge in [-0.2, -0.15) is 9.36 Å².